The lowest BCUT2D eigenvalue weighted by atomic mass is 9.43. The van der Waals surface area contributed by atoms with Gasteiger partial charge in [-0.1, -0.05) is 48.5 Å². The van der Waals surface area contributed by atoms with E-state index in [1.807, 2.05) is 0 Å². The summed E-state index contributed by atoms with van der Waals surface area (Å²) < 4.78 is 0. The Kier molecular flexibility index (Phi) is 9.00. The quantitative estimate of drug-likeness (QED) is 0.316. The van der Waals surface area contributed by atoms with Gasteiger partial charge in [0.2, 0.25) is 0 Å². The van der Waals surface area contributed by atoms with Gasteiger partial charge in [0.25, 0.3) is 0 Å². The molecule has 36 heavy (non-hydrogen) atoms. The number of hydrogen-bond donors (Lipinski definition) is 3. The highest BCUT2D eigenvalue weighted by atomic mass is 16.3. The lowest BCUT2D eigenvalue weighted by Crippen LogP contribution is -2.58. The zero-order valence-corrected chi connectivity index (χ0v) is 24.6. The SMILES string of the molecule is CC(C)NCC/N=C1\CC[C@]2(C)C3CC[C@@]4(C)C(CC[C@@H]4[C@H](C)CC[C@@H](O)C(C)C)C3[C@H](O)C[C@H]2C1. The number of aliphatic hydroxyl groups is 2. The Morgan fingerprint density at radius 3 is 2.39 bits per heavy atom. The third-order valence-electron chi connectivity index (χ3n) is 12.0. The van der Waals surface area contributed by atoms with Gasteiger partial charge in [0.05, 0.1) is 18.8 Å². The second-order valence-corrected chi connectivity index (χ2v) is 14.7. The maximum atomic E-state index is 11.7. The number of aliphatic hydroxyl groups excluding tert-OH is 2. The molecule has 4 aliphatic rings. The molecule has 0 spiro atoms. The van der Waals surface area contributed by atoms with E-state index in [9.17, 15) is 10.2 Å². The van der Waals surface area contributed by atoms with E-state index >= 15 is 0 Å². The Morgan fingerprint density at radius 1 is 0.972 bits per heavy atom. The third-order valence-corrected chi connectivity index (χ3v) is 12.0. The van der Waals surface area contributed by atoms with E-state index in [2.05, 4.69) is 53.8 Å². The molecule has 4 nitrogen and oxygen atoms in total. The first-order valence-corrected chi connectivity index (χ1v) is 15.6. The molecule has 4 heteroatoms. The van der Waals surface area contributed by atoms with Crippen molar-refractivity contribution < 1.29 is 10.2 Å². The largest absolute Gasteiger partial charge is 0.393 e. The molecule has 4 rings (SSSR count). The van der Waals surface area contributed by atoms with Gasteiger partial charge in [0.15, 0.2) is 0 Å². The topological polar surface area (TPSA) is 64.9 Å². The van der Waals surface area contributed by atoms with Crippen LogP contribution in [0.4, 0.5) is 0 Å². The summed E-state index contributed by atoms with van der Waals surface area (Å²) in [6.45, 7) is 18.1. The van der Waals surface area contributed by atoms with Crippen LogP contribution in [0.3, 0.4) is 0 Å². The van der Waals surface area contributed by atoms with Crippen LogP contribution in [0.25, 0.3) is 0 Å². The Bertz CT molecular complexity index is 765. The Labute approximate surface area is 222 Å². The Balaban J connectivity index is 1.42. The first kappa shape index (κ1) is 28.6. The highest BCUT2D eigenvalue weighted by Crippen LogP contribution is 2.68. The summed E-state index contributed by atoms with van der Waals surface area (Å²) in [5, 5.41) is 25.5. The normalized spacial score (nSPS) is 43.4. The molecular formula is C32H58N2O2. The van der Waals surface area contributed by atoms with E-state index in [1.54, 1.807) is 0 Å². The van der Waals surface area contributed by atoms with Crippen molar-refractivity contribution >= 4 is 5.71 Å². The first-order valence-electron chi connectivity index (χ1n) is 15.6. The van der Waals surface area contributed by atoms with Crippen molar-refractivity contribution in [3.05, 3.63) is 0 Å². The van der Waals surface area contributed by atoms with Crippen molar-refractivity contribution in [3.63, 3.8) is 0 Å². The molecule has 208 valence electrons. The van der Waals surface area contributed by atoms with E-state index in [-0.39, 0.29) is 12.2 Å². The van der Waals surface area contributed by atoms with Crippen molar-refractivity contribution in [2.24, 2.45) is 57.2 Å². The molecular weight excluding hydrogens is 444 g/mol. The van der Waals surface area contributed by atoms with Crippen LogP contribution < -0.4 is 5.32 Å². The first-order chi connectivity index (χ1) is 17.0. The van der Waals surface area contributed by atoms with Crippen molar-refractivity contribution in [1.82, 2.24) is 5.32 Å². The monoisotopic (exact) mass is 502 g/mol. The molecule has 4 aliphatic carbocycles. The summed E-state index contributed by atoms with van der Waals surface area (Å²) in [6.07, 6.45) is 11.5. The maximum absolute atomic E-state index is 11.7. The zero-order chi connectivity index (χ0) is 26.3. The molecule has 0 heterocycles. The van der Waals surface area contributed by atoms with Crippen LogP contribution in [0.2, 0.25) is 0 Å². The lowest BCUT2D eigenvalue weighted by molar-refractivity contribution is -0.157. The predicted molar refractivity (Wildman–Crippen MR) is 151 cm³/mol. The van der Waals surface area contributed by atoms with Gasteiger partial charge in [-0.05, 0) is 116 Å². The highest BCUT2D eigenvalue weighted by Gasteiger charge is 2.62. The molecule has 0 radical (unpaired) electrons. The van der Waals surface area contributed by atoms with Gasteiger partial charge in [-0.3, -0.25) is 4.99 Å². The van der Waals surface area contributed by atoms with Gasteiger partial charge in [0, 0.05) is 18.3 Å². The summed E-state index contributed by atoms with van der Waals surface area (Å²) in [7, 11) is 0. The minimum Gasteiger partial charge on any atom is -0.393 e. The van der Waals surface area contributed by atoms with Crippen LogP contribution >= 0.6 is 0 Å². The van der Waals surface area contributed by atoms with Crippen LogP contribution in [0.5, 0.6) is 0 Å². The standard InChI is InChI=1S/C32H58N2O2/c1-20(2)28(35)11-8-22(5)25-9-10-26-30-27(13-15-32(25,26)7)31(6)14-12-24(18-23(31)19-29(30)36)34-17-16-33-21(3)4/h20-23,25-30,33,35-36H,8-19H2,1-7H3/b34-24+/t22-,23-,25-,26?,27?,28-,29-,30?,31+,32-/m1/s1. The van der Waals surface area contributed by atoms with E-state index in [4.69, 9.17) is 4.99 Å². The van der Waals surface area contributed by atoms with Crippen LogP contribution in [0.1, 0.15) is 113 Å². The van der Waals surface area contributed by atoms with Crippen molar-refractivity contribution in [3.8, 4) is 0 Å². The minimum atomic E-state index is -0.170. The summed E-state index contributed by atoms with van der Waals surface area (Å²) in [6, 6.07) is 0.520. The molecule has 0 bridgehead atoms. The molecule has 0 aromatic carbocycles. The van der Waals surface area contributed by atoms with Crippen LogP contribution in [-0.2, 0) is 0 Å². The number of aliphatic imine (C=N–C) groups is 1. The van der Waals surface area contributed by atoms with Crippen molar-refractivity contribution in [2.45, 2.75) is 131 Å². The molecule has 4 fully saturated rings. The van der Waals surface area contributed by atoms with Gasteiger partial charge in [-0.25, -0.2) is 0 Å². The predicted octanol–water partition coefficient (Wildman–Crippen LogP) is 6.49. The second-order valence-electron chi connectivity index (χ2n) is 14.7. The smallest absolute Gasteiger partial charge is 0.0577 e. The molecule has 10 atom stereocenters. The molecule has 3 N–H and O–H groups in total. The molecule has 0 aromatic heterocycles. The highest BCUT2D eigenvalue weighted by molar-refractivity contribution is 5.85. The van der Waals surface area contributed by atoms with Crippen molar-refractivity contribution in [2.75, 3.05) is 13.1 Å². The summed E-state index contributed by atoms with van der Waals surface area (Å²) >= 11 is 0. The summed E-state index contributed by atoms with van der Waals surface area (Å²) in [5.41, 5.74) is 2.14. The van der Waals surface area contributed by atoms with Gasteiger partial charge >= 0.3 is 0 Å². The minimum absolute atomic E-state index is 0.142. The van der Waals surface area contributed by atoms with E-state index in [0.29, 0.717) is 52.4 Å². The average molecular weight is 503 g/mol. The van der Waals surface area contributed by atoms with E-state index in [0.717, 1.165) is 51.1 Å². The van der Waals surface area contributed by atoms with Crippen molar-refractivity contribution in [1.29, 1.82) is 0 Å². The maximum Gasteiger partial charge on any atom is 0.0577 e. The summed E-state index contributed by atoms with van der Waals surface area (Å²) in [4.78, 5) is 5.00. The fourth-order valence-corrected chi connectivity index (χ4v) is 9.68. The number of fused-ring (bicyclic) bond motifs is 5. The van der Waals surface area contributed by atoms with Crippen LogP contribution in [0.15, 0.2) is 4.99 Å². The number of nitrogens with one attached hydrogen (secondary N) is 1. The fraction of sp³-hybridized carbons (Fsp3) is 0.969. The number of hydrogen-bond acceptors (Lipinski definition) is 4. The molecule has 3 unspecified atom stereocenters. The number of rotatable bonds is 9. The van der Waals surface area contributed by atoms with E-state index < -0.39 is 0 Å². The molecule has 4 saturated carbocycles. The Morgan fingerprint density at radius 2 is 1.69 bits per heavy atom. The van der Waals surface area contributed by atoms with Gasteiger partial charge in [0.1, 0.15) is 0 Å². The lowest BCUT2D eigenvalue weighted by Gasteiger charge is -2.62. The third kappa shape index (κ3) is 5.48. The van der Waals surface area contributed by atoms with Gasteiger partial charge < -0.3 is 15.5 Å². The average Bonchev–Trinajstić information content (AvgIpc) is 3.17. The molecule has 0 amide bonds. The van der Waals surface area contributed by atoms with Crippen LogP contribution in [0, 0.1) is 52.3 Å². The molecule has 0 aromatic rings. The van der Waals surface area contributed by atoms with E-state index in [1.165, 1.54) is 37.8 Å². The molecule has 0 aliphatic heterocycles. The number of nitrogens with zero attached hydrogens (tertiary/aromatic N) is 1. The summed E-state index contributed by atoms with van der Waals surface area (Å²) in [5.74, 6) is 4.17. The Hall–Kier alpha value is -0.450. The van der Waals surface area contributed by atoms with Gasteiger partial charge in [-0.2, -0.15) is 0 Å². The molecule has 0 saturated heterocycles. The fourth-order valence-electron chi connectivity index (χ4n) is 9.68. The van der Waals surface area contributed by atoms with Crippen LogP contribution in [-0.4, -0.2) is 47.3 Å². The van der Waals surface area contributed by atoms with Gasteiger partial charge in [-0.15, -0.1) is 0 Å². The zero-order valence-electron chi connectivity index (χ0n) is 24.6. The second kappa shape index (κ2) is 11.3.